The van der Waals surface area contributed by atoms with Crippen LogP contribution >= 0.6 is 11.6 Å². The molecule has 0 aliphatic carbocycles. The molecule has 1 atom stereocenters. The van der Waals surface area contributed by atoms with Crippen LogP contribution in [0, 0.1) is 5.82 Å². The molecule has 16 heavy (non-hydrogen) atoms. The Morgan fingerprint density at radius 1 is 1.25 bits per heavy atom. The average molecular weight is 255 g/mol. The summed E-state index contributed by atoms with van der Waals surface area (Å²) in [5, 5.41) is -0.141. The normalized spacial score (nSPS) is 13.9. The Balaban J connectivity index is 2.90. The molecule has 0 bridgehead atoms. The van der Waals surface area contributed by atoms with Crippen LogP contribution in [0.2, 0.25) is 0 Å². The van der Waals surface area contributed by atoms with E-state index in [1.165, 1.54) is 0 Å². The summed E-state index contributed by atoms with van der Waals surface area (Å²) >= 11 is 5.68. The Kier molecular flexibility index (Phi) is 4.19. The number of halogens is 5. The highest BCUT2D eigenvalue weighted by atomic mass is 35.5. The molecule has 0 radical (unpaired) electrons. The minimum absolute atomic E-state index is 0.141. The van der Waals surface area contributed by atoms with E-state index in [4.69, 9.17) is 11.6 Å². The van der Waals surface area contributed by atoms with Gasteiger partial charge in [0.25, 0.3) is 0 Å². The van der Waals surface area contributed by atoms with Crippen molar-refractivity contribution in [3.05, 3.63) is 35.1 Å². The van der Waals surface area contributed by atoms with Gasteiger partial charge in [0.1, 0.15) is 5.82 Å². The maximum atomic E-state index is 12.9. The predicted molar refractivity (Wildman–Crippen MR) is 55.0 cm³/mol. The molecule has 0 heterocycles. The zero-order valence-electron chi connectivity index (χ0n) is 8.61. The maximum Gasteiger partial charge on any atom is 0.416 e. The predicted octanol–water partition coefficient (Wildman–Crippen LogP) is 4.40. The Morgan fingerprint density at radius 2 is 1.88 bits per heavy atom. The van der Waals surface area contributed by atoms with Gasteiger partial charge >= 0.3 is 6.18 Å². The van der Waals surface area contributed by atoms with Gasteiger partial charge in [-0.15, -0.1) is 11.6 Å². The molecule has 0 saturated carbocycles. The van der Waals surface area contributed by atoms with Crippen LogP contribution in [-0.4, -0.2) is 5.38 Å². The van der Waals surface area contributed by atoms with E-state index >= 15 is 0 Å². The number of hydrogen-bond donors (Lipinski definition) is 0. The monoisotopic (exact) mass is 254 g/mol. The second kappa shape index (κ2) is 5.04. The van der Waals surface area contributed by atoms with Crippen LogP contribution in [0.1, 0.15) is 24.5 Å². The zero-order chi connectivity index (χ0) is 12.3. The summed E-state index contributed by atoms with van der Waals surface area (Å²) in [6.07, 6.45) is -3.66. The number of benzene rings is 1. The molecule has 0 aliphatic rings. The van der Waals surface area contributed by atoms with Crippen molar-refractivity contribution in [3.63, 3.8) is 0 Å². The third-order valence-electron chi connectivity index (χ3n) is 2.12. The van der Waals surface area contributed by atoms with Gasteiger partial charge in [0.05, 0.1) is 5.56 Å². The van der Waals surface area contributed by atoms with Crippen LogP contribution < -0.4 is 0 Å². The topological polar surface area (TPSA) is 0 Å². The summed E-state index contributed by atoms with van der Waals surface area (Å²) in [4.78, 5) is 0. The van der Waals surface area contributed by atoms with E-state index in [1.54, 1.807) is 6.92 Å². The van der Waals surface area contributed by atoms with Crippen molar-refractivity contribution < 1.29 is 17.6 Å². The van der Waals surface area contributed by atoms with E-state index in [0.29, 0.717) is 24.5 Å². The number of aryl methyl sites for hydroxylation is 1. The molecule has 0 fully saturated rings. The third kappa shape index (κ3) is 4.00. The second-order valence-corrected chi connectivity index (χ2v) is 4.41. The summed E-state index contributed by atoms with van der Waals surface area (Å²) in [6, 6.07) is 2.56. The smallest absolute Gasteiger partial charge is 0.207 e. The molecular weight excluding hydrogens is 244 g/mol. The first-order valence-electron chi connectivity index (χ1n) is 4.80. The molecule has 1 aromatic rings. The SMILES string of the molecule is CC(Cl)CCc1cc(F)cc(C(F)(F)F)c1. The van der Waals surface area contributed by atoms with Crippen LogP contribution in [0.25, 0.3) is 0 Å². The van der Waals surface area contributed by atoms with Gasteiger partial charge in [-0.25, -0.2) is 4.39 Å². The molecule has 0 nitrogen and oxygen atoms in total. The van der Waals surface area contributed by atoms with Gasteiger partial charge in [-0.1, -0.05) is 0 Å². The fourth-order valence-electron chi connectivity index (χ4n) is 1.32. The Hall–Kier alpha value is -0.770. The molecule has 1 rings (SSSR count). The lowest BCUT2D eigenvalue weighted by molar-refractivity contribution is -0.137. The van der Waals surface area contributed by atoms with Crippen molar-refractivity contribution in [1.29, 1.82) is 0 Å². The van der Waals surface area contributed by atoms with E-state index in [0.717, 1.165) is 12.1 Å². The first-order valence-corrected chi connectivity index (χ1v) is 5.23. The molecule has 0 spiro atoms. The van der Waals surface area contributed by atoms with Gasteiger partial charge in [-0.05, 0) is 43.5 Å². The van der Waals surface area contributed by atoms with Gasteiger partial charge in [-0.3, -0.25) is 0 Å². The van der Waals surface area contributed by atoms with Crippen molar-refractivity contribution in [1.82, 2.24) is 0 Å². The lowest BCUT2D eigenvalue weighted by atomic mass is 10.0. The largest absolute Gasteiger partial charge is 0.416 e. The Bertz CT molecular complexity index is 357. The lowest BCUT2D eigenvalue weighted by Gasteiger charge is -2.09. The molecule has 0 amide bonds. The zero-order valence-corrected chi connectivity index (χ0v) is 9.37. The van der Waals surface area contributed by atoms with Crippen molar-refractivity contribution in [2.75, 3.05) is 0 Å². The molecule has 1 aromatic carbocycles. The van der Waals surface area contributed by atoms with Crippen LogP contribution in [0.5, 0.6) is 0 Å². The molecule has 1 unspecified atom stereocenters. The number of alkyl halides is 4. The van der Waals surface area contributed by atoms with E-state index in [2.05, 4.69) is 0 Å². The number of rotatable bonds is 3. The standard InChI is InChI=1S/C11H11ClF4/c1-7(12)2-3-8-4-9(11(14,15)16)6-10(13)5-8/h4-7H,2-3H2,1H3. The fraction of sp³-hybridized carbons (Fsp3) is 0.455. The molecular formula is C11H11ClF4. The minimum Gasteiger partial charge on any atom is -0.207 e. The summed E-state index contributed by atoms with van der Waals surface area (Å²) in [5.74, 6) is -0.868. The van der Waals surface area contributed by atoms with Crippen LogP contribution in [0.4, 0.5) is 17.6 Å². The van der Waals surface area contributed by atoms with Gasteiger partial charge in [-0.2, -0.15) is 13.2 Å². The van der Waals surface area contributed by atoms with Gasteiger partial charge in [0.15, 0.2) is 0 Å². The van der Waals surface area contributed by atoms with E-state index in [1.807, 2.05) is 0 Å². The quantitative estimate of drug-likeness (QED) is 0.554. The van der Waals surface area contributed by atoms with Crippen molar-refractivity contribution in [2.45, 2.75) is 31.3 Å². The van der Waals surface area contributed by atoms with Crippen LogP contribution in [0.3, 0.4) is 0 Å². The molecule has 0 saturated heterocycles. The molecule has 5 heteroatoms. The van der Waals surface area contributed by atoms with Crippen molar-refractivity contribution in [2.24, 2.45) is 0 Å². The lowest BCUT2D eigenvalue weighted by Crippen LogP contribution is -2.07. The highest BCUT2D eigenvalue weighted by molar-refractivity contribution is 6.20. The summed E-state index contributed by atoms with van der Waals surface area (Å²) in [7, 11) is 0. The Morgan fingerprint density at radius 3 is 2.38 bits per heavy atom. The second-order valence-electron chi connectivity index (χ2n) is 3.67. The molecule has 0 aromatic heterocycles. The van der Waals surface area contributed by atoms with E-state index < -0.39 is 17.6 Å². The molecule has 0 aliphatic heterocycles. The Labute approximate surface area is 96.2 Å². The van der Waals surface area contributed by atoms with Gasteiger partial charge < -0.3 is 0 Å². The first-order chi connectivity index (χ1) is 7.29. The average Bonchev–Trinajstić information content (AvgIpc) is 2.12. The summed E-state index contributed by atoms with van der Waals surface area (Å²) < 4.78 is 50.0. The van der Waals surface area contributed by atoms with E-state index in [9.17, 15) is 17.6 Å². The summed E-state index contributed by atoms with van der Waals surface area (Å²) in [5.41, 5.74) is -0.635. The first kappa shape index (κ1) is 13.3. The van der Waals surface area contributed by atoms with Gasteiger partial charge in [0.2, 0.25) is 0 Å². The molecule has 90 valence electrons. The highest BCUT2D eigenvalue weighted by Crippen LogP contribution is 2.30. The maximum absolute atomic E-state index is 12.9. The summed E-state index contributed by atoms with van der Waals surface area (Å²) in [6.45, 7) is 1.74. The van der Waals surface area contributed by atoms with Crippen LogP contribution in [-0.2, 0) is 12.6 Å². The number of hydrogen-bond acceptors (Lipinski definition) is 0. The minimum atomic E-state index is -4.51. The molecule has 0 N–H and O–H groups in total. The fourth-order valence-corrected chi connectivity index (χ4v) is 1.43. The highest BCUT2D eigenvalue weighted by Gasteiger charge is 2.31. The van der Waals surface area contributed by atoms with Crippen molar-refractivity contribution in [3.8, 4) is 0 Å². The van der Waals surface area contributed by atoms with Crippen molar-refractivity contribution >= 4 is 11.6 Å². The van der Waals surface area contributed by atoms with Gasteiger partial charge in [0, 0.05) is 5.38 Å². The van der Waals surface area contributed by atoms with Crippen LogP contribution in [0.15, 0.2) is 18.2 Å². The van der Waals surface area contributed by atoms with E-state index in [-0.39, 0.29) is 5.38 Å². The third-order valence-corrected chi connectivity index (χ3v) is 2.33.